The number of hydrogen-bond acceptors (Lipinski definition) is 1. The highest BCUT2D eigenvalue weighted by atomic mass is 14.9. The van der Waals surface area contributed by atoms with Crippen LogP contribution in [0, 0.1) is 5.92 Å². The van der Waals surface area contributed by atoms with Crippen LogP contribution in [0.5, 0.6) is 0 Å². The van der Waals surface area contributed by atoms with Crippen molar-refractivity contribution in [2.24, 2.45) is 5.92 Å². The summed E-state index contributed by atoms with van der Waals surface area (Å²) in [6.07, 6.45) is 11.1. The van der Waals surface area contributed by atoms with Crippen LogP contribution < -0.4 is 5.32 Å². The second kappa shape index (κ2) is 11.4. The molecular weight excluding hydrogens is 194 g/mol. The van der Waals surface area contributed by atoms with Gasteiger partial charge in [0, 0.05) is 6.04 Å². The number of nitrogens with one attached hydrogen (secondary N) is 1. The largest absolute Gasteiger partial charge is 0.314 e. The summed E-state index contributed by atoms with van der Waals surface area (Å²) in [5, 5.41) is 3.64. The summed E-state index contributed by atoms with van der Waals surface area (Å²) in [4.78, 5) is 0. The molecule has 16 heavy (non-hydrogen) atoms. The molecule has 0 bridgehead atoms. The predicted octanol–water partition coefficient (Wildman–Crippen LogP) is 4.76. The Morgan fingerprint density at radius 2 is 1.62 bits per heavy atom. The molecule has 0 aromatic carbocycles. The van der Waals surface area contributed by atoms with Gasteiger partial charge in [-0.1, -0.05) is 66.2 Å². The summed E-state index contributed by atoms with van der Waals surface area (Å²) in [6, 6.07) is 0.765. The van der Waals surface area contributed by atoms with Gasteiger partial charge in [0.15, 0.2) is 0 Å². The lowest BCUT2D eigenvalue weighted by atomic mass is 9.95. The Morgan fingerprint density at radius 1 is 0.938 bits per heavy atom. The molecule has 98 valence electrons. The fourth-order valence-electron chi connectivity index (χ4n) is 2.24. The lowest BCUT2D eigenvalue weighted by molar-refractivity contribution is 0.371. The molecule has 1 nitrogen and oxygen atoms in total. The fourth-order valence-corrected chi connectivity index (χ4v) is 2.24. The molecule has 0 aromatic heterocycles. The summed E-state index contributed by atoms with van der Waals surface area (Å²) in [7, 11) is 0. The maximum atomic E-state index is 3.64. The lowest BCUT2D eigenvalue weighted by Gasteiger charge is -2.21. The molecule has 2 atom stereocenters. The van der Waals surface area contributed by atoms with Crippen molar-refractivity contribution >= 4 is 0 Å². The van der Waals surface area contributed by atoms with Crippen molar-refractivity contribution in [3.63, 3.8) is 0 Å². The average molecular weight is 227 g/mol. The van der Waals surface area contributed by atoms with Gasteiger partial charge < -0.3 is 5.32 Å². The van der Waals surface area contributed by atoms with Crippen molar-refractivity contribution in [1.29, 1.82) is 0 Å². The first-order valence-corrected chi connectivity index (χ1v) is 7.47. The first kappa shape index (κ1) is 16.0. The van der Waals surface area contributed by atoms with Crippen LogP contribution in [-0.2, 0) is 0 Å². The quantitative estimate of drug-likeness (QED) is 0.502. The standard InChI is InChI=1S/C15H33N/c1-5-8-9-10-11-12-15(16-7-3)13-14(4)6-2/h14-16H,5-13H2,1-4H3. The van der Waals surface area contributed by atoms with E-state index in [-0.39, 0.29) is 0 Å². The summed E-state index contributed by atoms with van der Waals surface area (Å²) in [5.74, 6) is 0.875. The van der Waals surface area contributed by atoms with Gasteiger partial charge in [0.25, 0.3) is 0 Å². The average Bonchev–Trinajstić information content (AvgIpc) is 2.28. The van der Waals surface area contributed by atoms with Gasteiger partial charge in [0.05, 0.1) is 0 Å². The highest BCUT2D eigenvalue weighted by molar-refractivity contribution is 4.69. The molecule has 0 aromatic rings. The topological polar surface area (TPSA) is 12.0 Å². The highest BCUT2D eigenvalue weighted by Gasteiger charge is 2.10. The van der Waals surface area contributed by atoms with E-state index >= 15 is 0 Å². The lowest BCUT2D eigenvalue weighted by Crippen LogP contribution is -2.30. The van der Waals surface area contributed by atoms with Crippen LogP contribution in [-0.4, -0.2) is 12.6 Å². The van der Waals surface area contributed by atoms with Crippen LogP contribution in [0.15, 0.2) is 0 Å². The van der Waals surface area contributed by atoms with Crippen molar-refractivity contribution in [2.75, 3.05) is 6.54 Å². The molecule has 0 saturated heterocycles. The molecule has 0 amide bonds. The van der Waals surface area contributed by atoms with E-state index in [0.29, 0.717) is 0 Å². The first-order chi connectivity index (χ1) is 7.74. The van der Waals surface area contributed by atoms with E-state index < -0.39 is 0 Å². The third-order valence-electron chi connectivity index (χ3n) is 3.53. The monoisotopic (exact) mass is 227 g/mol. The third kappa shape index (κ3) is 9.21. The normalized spacial score (nSPS) is 15.0. The van der Waals surface area contributed by atoms with Crippen molar-refractivity contribution in [3.05, 3.63) is 0 Å². The van der Waals surface area contributed by atoms with Gasteiger partial charge in [-0.25, -0.2) is 0 Å². The van der Waals surface area contributed by atoms with E-state index in [1.807, 2.05) is 0 Å². The van der Waals surface area contributed by atoms with Gasteiger partial charge in [-0.15, -0.1) is 0 Å². The molecule has 0 spiro atoms. The van der Waals surface area contributed by atoms with Gasteiger partial charge in [-0.05, 0) is 25.3 Å². The first-order valence-electron chi connectivity index (χ1n) is 7.47. The molecule has 1 N–H and O–H groups in total. The molecule has 0 aliphatic rings. The van der Waals surface area contributed by atoms with Gasteiger partial charge in [-0.3, -0.25) is 0 Å². The van der Waals surface area contributed by atoms with Crippen LogP contribution in [0.2, 0.25) is 0 Å². The maximum absolute atomic E-state index is 3.64. The van der Waals surface area contributed by atoms with Crippen molar-refractivity contribution in [3.8, 4) is 0 Å². The van der Waals surface area contributed by atoms with Crippen LogP contribution >= 0.6 is 0 Å². The predicted molar refractivity (Wildman–Crippen MR) is 74.9 cm³/mol. The molecule has 2 unspecified atom stereocenters. The second-order valence-corrected chi connectivity index (χ2v) is 5.21. The second-order valence-electron chi connectivity index (χ2n) is 5.21. The smallest absolute Gasteiger partial charge is 0.00694 e. The number of unbranched alkanes of at least 4 members (excludes halogenated alkanes) is 4. The van der Waals surface area contributed by atoms with Gasteiger partial charge in [0.1, 0.15) is 0 Å². The minimum Gasteiger partial charge on any atom is -0.314 e. The summed E-state index contributed by atoms with van der Waals surface area (Å²) < 4.78 is 0. The summed E-state index contributed by atoms with van der Waals surface area (Å²) >= 11 is 0. The number of rotatable bonds is 11. The van der Waals surface area contributed by atoms with Crippen LogP contribution in [0.3, 0.4) is 0 Å². The fraction of sp³-hybridized carbons (Fsp3) is 1.00. The Bertz CT molecular complexity index is 133. The zero-order valence-corrected chi connectivity index (χ0v) is 12.0. The van der Waals surface area contributed by atoms with Crippen LogP contribution in [0.25, 0.3) is 0 Å². The van der Waals surface area contributed by atoms with Crippen LogP contribution in [0.1, 0.15) is 79.1 Å². The van der Waals surface area contributed by atoms with Gasteiger partial charge in [0.2, 0.25) is 0 Å². The molecule has 0 rings (SSSR count). The molecular formula is C15H33N. The van der Waals surface area contributed by atoms with Crippen molar-refractivity contribution < 1.29 is 0 Å². The van der Waals surface area contributed by atoms with Crippen molar-refractivity contribution in [2.45, 2.75) is 85.1 Å². The van der Waals surface area contributed by atoms with E-state index in [9.17, 15) is 0 Å². The zero-order chi connectivity index (χ0) is 12.2. The molecule has 0 fully saturated rings. The summed E-state index contributed by atoms with van der Waals surface area (Å²) in [6.45, 7) is 10.3. The molecule has 0 aliphatic heterocycles. The summed E-state index contributed by atoms with van der Waals surface area (Å²) in [5.41, 5.74) is 0. The zero-order valence-electron chi connectivity index (χ0n) is 12.0. The SMILES string of the molecule is CCCCCCCC(CC(C)CC)NCC. The Morgan fingerprint density at radius 3 is 2.19 bits per heavy atom. The Balaban J connectivity index is 3.59. The molecule has 0 saturated carbocycles. The van der Waals surface area contributed by atoms with E-state index in [1.165, 1.54) is 51.4 Å². The van der Waals surface area contributed by atoms with Gasteiger partial charge >= 0.3 is 0 Å². The Labute approximate surface area is 103 Å². The third-order valence-corrected chi connectivity index (χ3v) is 3.53. The van der Waals surface area contributed by atoms with E-state index in [4.69, 9.17) is 0 Å². The Hall–Kier alpha value is -0.0400. The van der Waals surface area contributed by atoms with Crippen LogP contribution in [0.4, 0.5) is 0 Å². The number of hydrogen-bond donors (Lipinski definition) is 1. The minimum atomic E-state index is 0.765. The van der Waals surface area contributed by atoms with E-state index in [0.717, 1.165) is 18.5 Å². The van der Waals surface area contributed by atoms with E-state index in [1.54, 1.807) is 0 Å². The Kier molecular flexibility index (Phi) is 11.4. The van der Waals surface area contributed by atoms with Crippen molar-refractivity contribution in [1.82, 2.24) is 5.32 Å². The maximum Gasteiger partial charge on any atom is 0.00694 e. The highest BCUT2D eigenvalue weighted by Crippen LogP contribution is 2.15. The molecule has 0 radical (unpaired) electrons. The molecule has 1 heteroatoms. The molecule has 0 heterocycles. The van der Waals surface area contributed by atoms with E-state index in [2.05, 4.69) is 33.0 Å². The molecule has 0 aliphatic carbocycles. The van der Waals surface area contributed by atoms with Gasteiger partial charge in [-0.2, -0.15) is 0 Å². The minimum absolute atomic E-state index is 0.765.